The zero-order chi connectivity index (χ0) is 23.5. The molecule has 1 saturated heterocycles. The molecule has 1 aliphatic rings. The van der Waals surface area contributed by atoms with Crippen LogP contribution in [-0.4, -0.2) is 35.0 Å². The lowest BCUT2D eigenvalue weighted by molar-refractivity contribution is 0.0737. The summed E-state index contributed by atoms with van der Waals surface area (Å²) in [6.45, 7) is 9.95. The monoisotopic (exact) mass is 503 g/mol. The smallest absolute Gasteiger partial charge is 0.289 e. The number of hydrogen-bond donors (Lipinski definition) is 0. The van der Waals surface area contributed by atoms with E-state index in [0.717, 1.165) is 5.56 Å². The van der Waals surface area contributed by atoms with Crippen molar-refractivity contribution in [2.45, 2.75) is 25.5 Å². The zero-order valence-corrected chi connectivity index (χ0v) is 19.9. The average Bonchev–Trinajstić information content (AvgIpc) is 3.45. The van der Waals surface area contributed by atoms with E-state index in [1.807, 2.05) is 19.1 Å². The fourth-order valence-electron chi connectivity index (χ4n) is 4.09. The third-order valence-corrected chi connectivity index (χ3v) is 6.70. The Morgan fingerprint density at radius 2 is 2.03 bits per heavy atom. The highest BCUT2D eigenvalue weighted by Gasteiger charge is 2.41. The molecule has 1 aromatic carbocycles. The van der Waals surface area contributed by atoms with Gasteiger partial charge >= 0.3 is 0 Å². The van der Waals surface area contributed by atoms with Crippen molar-refractivity contribution in [1.82, 2.24) is 9.88 Å². The van der Waals surface area contributed by atoms with E-state index in [9.17, 15) is 4.79 Å². The zero-order valence-electron chi connectivity index (χ0n) is 17.7. The van der Waals surface area contributed by atoms with Crippen molar-refractivity contribution < 1.29 is 13.9 Å². The summed E-state index contributed by atoms with van der Waals surface area (Å²) in [6, 6.07) is 12.2. The first-order valence-corrected chi connectivity index (χ1v) is 11.4. The van der Waals surface area contributed by atoms with Gasteiger partial charge in [0.05, 0.1) is 15.1 Å². The molecule has 0 bridgehead atoms. The van der Waals surface area contributed by atoms with Gasteiger partial charge in [-0.25, -0.2) is 11.6 Å². The molecule has 2 aromatic heterocycles. The predicted molar refractivity (Wildman–Crippen MR) is 127 cm³/mol. The van der Waals surface area contributed by atoms with Gasteiger partial charge in [-0.2, -0.15) is 0 Å². The average molecular weight is 505 g/mol. The summed E-state index contributed by atoms with van der Waals surface area (Å²) in [5.74, 6) is 0.839. The van der Waals surface area contributed by atoms with Crippen LogP contribution >= 0.6 is 34.8 Å². The highest BCUT2D eigenvalue weighted by molar-refractivity contribution is 6.42. The van der Waals surface area contributed by atoms with Gasteiger partial charge in [0.25, 0.3) is 12.5 Å². The van der Waals surface area contributed by atoms with Gasteiger partial charge in [-0.15, -0.1) is 0 Å². The van der Waals surface area contributed by atoms with E-state index in [4.69, 9.17) is 50.5 Å². The normalized spacial score (nSPS) is 18.7. The van der Waals surface area contributed by atoms with Crippen molar-refractivity contribution >= 4 is 40.7 Å². The minimum absolute atomic E-state index is 0.0382. The van der Waals surface area contributed by atoms with E-state index in [1.54, 1.807) is 35.2 Å². The van der Waals surface area contributed by atoms with Crippen LogP contribution < -0.4 is 4.74 Å². The number of furan rings is 1. The van der Waals surface area contributed by atoms with E-state index in [2.05, 4.69) is 9.83 Å². The fourth-order valence-corrected chi connectivity index (χ4v) is 4.51. The molecule has 0 spiro atoms. The SMILES string of the molecule is [C-]#[N+]Cc1ccc(C(=O)N2C[C@@H]([C@@H](C)Oc3ccc(Cl)cn3)[C@H](c3ccc(Cl)c(Cl)c3)C2)o1. The molecule has 33 heavy (non-hydrogen) atoms. The van der Waals surface area contributed by atoms with Crippen LogP contribution in [0.1, 0.15) is 34.7 Å². The predicted octanol–water partition coefficient (Wildman–Crippen LogP) is 6.38. The number of pyridine rings is 1. The Morgan fingerprint density at radius 3 is 2.73 bits per heavy atom. The van der Waals surface area contributed by atoms with Gasteiger partial charge in [-0.05, 0) is 42.8 Å². The second-order valence-corrected chi connectivity index (χ2v) is 9.12. The number of nitrogens with zero attached hydrogens (tertiary/aromatic N) is 3. The van der Waals surface area contributed by atoms with Gasteiger partial charge < -0.3 is 18.9 Å². The molecule has 1 aliphatic heterocycles. The Kier molecular flexibility index (Phi) is 7.14. The number of carbonyl (C=O) groups is 1. The molecule has 0 unspecified atom stereocenters. The highest BCUT2D eigenvalue weighted by Crippen LogP contribution is 2.39. The van der Waals surface area contributed by atoms with Crippen LogP contribution in [0.2, 0.25) is 15.1 Å². The van der Waals surface area contributed by atoms with Crippen molar-refractivity contribution in [3.63, 3.8) is 0 Å². The Labute approximate surface area is 206 Å². The minimum Gasteiger partial charge on any atom is -0.474 e. The van der Waals surface area contributed by atoms with E-state index >= 15 is 0 Å². The van der Waals surface area contributed by atoms with Gasteiger partial charge in [-0.1, -0.05) is 40.9 Å². The molecule has 4 rings (SSSR count). The maximum atomic E-state index is 13.2. The quantitative estimate of drug-likeness (QED) is 0.366. The molecule has 0 aliphatic carbocycles. The van der Waals surface area contributed by atoms with E-state index < -0.39 is 0 Å². The molecule has 3 atom stereocenters. The summed E-state index contributed by atoms with van der Waals surface area (Å²) in [7, 11) is 0. The van der Waals surface area contributed by atoms with Crippen LogP contribution in [0.25, 0.3) is 4.85 Å². The number of hydrogen-bond acceptors (Lipinski definition) is 4. The third kappa shape index (κ3) is 5.27. The standard InChI is InChI=1S/C24H20Cl3N3O3/c1-14(32-23-8-4-16(25)10-29-23)18-12-30(24(31)22-7-5-17(33-22)11-28-2)13-19(18)15-3-6-20(26)21(27)9-15/h3-10,14,18-19H,11-13H2,1H3/t14-,18+,19+/m1/s1. The Morgan fingerprint density at radius 1 is 1.21 bits per heavy atom. The molecule has 0 saturated carbocycles. The number of likely N-dealkylation sites (tertiary alicyclic amines) is 1. The van der Waals surface area contributed by atoms with Crippen LogP contribution in [0.4, 0.5) is 0 Å². The number of ether oxygens (including phenoxy) is 1. The summed E-state index contributed by atoms with van der Waals surface area (Å²) < 4.78 is 11.7. The van der Waals surface area contributed by atoms with Crippen molar-refractivity contribution in [1.29, 1.82) is 0 Å². The Hall–Kier alpha value is -2.72. The van der Waals surface area contributed by atoms with Crippen molar-refractivity contribution in [3.8, 4) is 5.88 Å². The lowest BCUT2D eigenvalue weighted by Crippen LogP contribution is -2.32. The van der Waals surface area contributed by atoms with Gasteiger partial charge in [-0.3, -0.25) is 4.79 Å². The molecule has 1 amide bonds. The number of aromatic nitrogens is 1. The summed E-state index contributed by atoms with van der Waals surface area (Å²) in [6.07, 6.45) is 1.27. The summed E-state index contributed by atoms with van der Waals surface area (Å²) in [5, 5.41) is 1.46. The molecule has 3 aromatic rings. The summed E-state index contributed by atoms with van der Waals surface area (Å²) in [5.41, 5.74) is 0.970. The minimum atomic E-state index is -0.259. The fraction of sp³-hybridized carbons (Fsp3) is 0.292. The van der Waals surface area contributed by atoms with Crippen molar-refractivity contribution in [2.24, 2.45) is 5.92 Å². The van der Waals surface area contributed by atoms with Crippen LogP contribution in [-0.2, 0) is 6.54 Å². The molecule has 0 N–H and O–H groups in total. The number of benzene rings is 1. The first-order chi connectivity index (χ1) is 15.9. The van der Waals surface area contributed by atoms with E-state index in [1.165, 1.54) is 6.20 Å². The first kappa shape index (κ1) is 23.4. The number of halogens is 3. The first-order valence-electron chi connectivity index (χ1n) is 10.3. The third-order valence-electron chi connectivity index (χ3n) is 5.74. The Balaban J connectivity index is 1.59. The van der Waals surface area contributed by atoms with Gasteiger partial charge in [0.1, 0.15) is 6.10 Å². The topological polar surface area (TPSA) is 59.9 Å². The summed E-state index contributed by atoms with van der Waals surface area (Å²) >= 11 is 18.3. The van der Waals surface area contributed by atoms with Crippen molar-refractivity contribution in [3.05, 3.63) is 92.2 Å². The lowest BCUT2D eigenvalue weighted by atomic mass is 9.86. The lowest BCUT2D eigenvalue weighted by Gasteiger charge is -2.25. The van der Waals surface area contributed by atoms with Crippen LogP contribution in [0.15, 0.2) is 53.1 Å². The van der Waals surface area contributed by atoms with E-state index in [0.29, 0.717) is 39.8 Å². The molecular weight excluding hydrogens is 485 g/mol. The maximum absolute atomic E-state index is 13.2. The molecule has 1 fully saturated rings. The molecular formula is C24H20Cl3N3O3. The maximum Gasteiger partial charge on any atom is 0.289 e. The Bertz CT molecular complexity index is 1190. The van der Waals surface area contributed by atoms with Gasteiger partial charge in [0, 0.05) is 37.2 Å². The highest BCUT2D eigenvalue weighted by atomic mass is 35.5. The molecule has 6 nitrogen and oxygen atoms in total. The largest absolute Gasteiger partial charge is 0.474 e. The second kappa shape index (κ2) is 10.0. The number of rotatable bonds is 6. The second-order valence-electron chi connectivity index (χ2n) is 7.87. The van der Waals surface area contributed by atoms with E-state index in [-0.39, 0.29) is 36.2 Å². The number of amides is 1. The van der Waals surface area contributed by atoms with Gasteiger partial charge in [0.15, 0.2) is 11.5 Å². The summed E-state index contributed by atoms with van der Waals surface area (Å²) in [4.78, 5) is 22.4. The van der Waals surface area contributed by atoms with Gasteiger partial charge in [0.2, 0.25) is 5.88 Å². The van der Waals surface area contributed by atoms with Crippen LogP contribution in [0, 0.1) is 12.5 Å². The molecule has 170 valence electrons. The van der Waals surface area contributed by atoms with Crippen LogP contribution in [0.5, 0.6) is 5.88 Å². The van der Waals surface area contributed by atoms with Crippen molar-refractivity contribution in [2.75, 3.05) is 13.1 Å². The molecule has 3 heterocycles. The van der Waals surface area contributed by atoms with Crippen LogP contribution in [0.3, 0.4) is 0 Å². The molecule has 9 heteroatoms. The number of carbonyl (C=O) groups excluding carboxylic acids is 1. The molecule has 0 radical (unpaired) electrons.